The molecule has 1 unspecified atom stereocenters. The van der Waals surface area contributed by atoms with Crippen molar-refractivity contribution in [3.8, 4) is 0 Å². The van der Waals surface area contributed by atoms with E-state index in [1.54, 1.807) is 17.6 Å². The van der Waals surface area contributed by atoms with E-state index in [0.29, 0.717) is 0 Å². The fourth-order valence-corrected chi connectivity index (χ4v) is 2.61. The summed E-state index contributed by atoms with van der Waals surface area (Å²) in [6.45, 7) is 4.02. The SMILES string of the molecule is CNC(Cc1nc(C)cs1)c1ccoc1C. The minimum atomic E-state index is 0.282. The Morgan fingerprint density at radius 1 is 1.50 bits per heavy atom. The predicted octanol–water partition coefficient (Wildman–Crippen LogP) is 2.86. The summed E-state index contributed by atoms with van der Waals surface area (Å²) in [7, 11) is 1.97. The second kappa shape index (κ2) is 4.80. The Bertz CT molecular complexity index is 461. The molecule has 0 bridgehead atoms. The lowest BCUT2D eigenvalue weighted by Gasteiger charge is -2.13. The molecule has 0 saturated carbocycles. The predicted molar refractivity (Wildman–Crippen MR) is 65.8 cm³/mol. The lowest BCUT2D eigenvalue weighted by molar-refractivity contribution is 0.511. The number of hydrogen-bond acceptors (Lipinski definition) is 4. The number of rotatable bonds is 4. The van der Waals surface area contributed by atoms with Crippen molar-refractivity contribution in [3.05, 3.63) is 39.7 Å². The van der Waals surface area contributed by atoms with Gasteiger partial charge < -0.3 is 9.73 Å². The van der Waals surface area contributed by atoms with Crippen molar-refractivity contribution in [2.24, 2.45) is 0 Å². The molecular formula is C12H16N2OS. The molecule has 3 nitrogen and oxygen atoms in total. The maximum Gasteiger partial charge on any atom is 0.105 e. The molecule has 0 amide bonds. The molecule has 0 fully saturated rings. The first kappa shape index (κ1) is 11.4. The number of thiazole rings is 1. The third kappa shape index (κ3) is 2.33. The molecule has 0 spiro atoms. The van der Waals surface area contributed by atoms with Crippen LogP contribution in [-0.2, 0) is 6.42 Å². The maximum atomic E-state index is 5.33. The molecule has 0 aliphatic carbocycles. The van der Waals surface area contributed by atoms with E-state index in [2.05, 4.69) is 15.7 Å². The minimum Gasteiger partial charge on any atom is -0.469 e. The van der Waals surface area contributed by atoms with Crippen LogP contribution in [0.2, 0.25) is 0 Å². The van der Waals surface area contributed by atoms with Crippen molar-refractivity contribution in [2.75, 3.05) is 7.05 Å². The Morgan fingerprint density at radius 2 is 2.31 bits per heavy atom. The van der Waals surface area contributed by atoms with E-state index in [4.69, 9.17) is 4.42 Å². The van der Waals surface area contributed by atoms with Gasteiger partial charge in [0, 0.05) is 29.1 Å². The van der Waals surface area contributed by atoms with Crippen LogP contribution >= 0.6 is 11.3 Å². The monoisotopic (exact) mass is 236 g/mol. The maximum absolute atomic E-state index is 5.33. The molecule has 0 saturated heterocycles. The molecule has 0 aliphatic heterocycles. The van der Waals surface area contributed by atoms with Crippen LogP contribution in [-0.4, -0.2) is 12.0 Å². The van der Waals surface area contributed by atoms with Gasteiger partial charge in [0.1, 0.15) is 5.76 Å². The van der Waals surface area contributed by atoms with Crippen LogP contribution in [0.25, 0.3) is 0 Å². The first-order valence-electron chi connectivity index (χ1n) is 5.33. The van der Waals surface area contributed by atoms with Crippen LogP contribution in [0.4, 0.5) is 0 Å². The number of aryl methyl sites for hydroxylation is 2. The number of aromatic nitrogens is 1. The highest BCUT2D eigenvalue weighted by Crippen LogP contribution is 2.23. The molecule has 0 radical (unpaired) electrons. The van der Waals surface area contributed by atoms with Gasteiger partial charge >= 0.3 is 0 Å². The summed E-state index contributed by atoms with van der Waals surface area (Å²) in [6.07, 6.45) is 2.65. The molecular weight excluding hydrogens is 220 g/mol. The Hall–Kier alpha value is -1.13. The molecule has 2 rings (SSSR count). The first-order valence-corrected chi connectivity index (χ1v) is 6.21. The Kier molecular flexibility index (Phi) is 3.41. The van der Waals surface area contributed by atoms with Crippen LogP contribution in [0, 0.1) is 13.8 Å². The number of likely N-dealkylation sites (N-methyl/N-ethyl adjacent to an activating group) is 1. The minimum absolute atomic E-state index is 0.282. The van der Waals surface area contributed by atoms with E-state index in [-0.39, 0.29) is 6.04 Å². The van der Waals surface area contributed by atoms with Gasteiger partial charge in [0.15, 0.2) is 0 Å². The zero-order valence-electron chi connectivity index (χ0n) is 9.78. The van der Waals surface area contributed by atoms with Crippen LogP contribution in [0.15, 0.2) is 22.1 Å². The quantitative estimate of drug-likeness (QED) is 0.887. The van der Waals surface area contributed by atoms with Gasteiger partial charge in [0.2, 0.25) is 0 Å². The smallest absolute Gasteiger partial charge is 0.105 e. The summed E-state index contributed by atoms with van der Waals surface area (Å²) in [5.41, 5.74) is 2.31. The highest BCUT2D eigenvalue weighted by Gasteiger charge is 2.15. The van der Waals surface area contributed by atoms with Crippen LogP contribution in [0.1, 0.15) is 28.1 Å². The van der Waals surface area contributed by atoms with Crippen molar-refractivity contribution >= 4 is 11.3 Å². The summed E-state index contributed by atoms with van der Waals surface area (Å²) >= 11 is 1.71. The normalized spacial score (nSPS) is 12.9. The summed E-state index contributed by atoms with van der Waals surface area (Å²) < 4.78 is 5.33. The van der Waals surface area contributed by atoms with E-state index < -0.39 is 0 Å². The Labute approximate surface area is 99.5 Å². The number of nitrogens with zero attached hydrogens (tertiary/aromatic N) is 1. The van der Waals surface area contributed by atoms with Crippen LogP contribution in [0.5, 0.6) is 0 Å². The Morgan fingerprint density at radius 3 is 2.81 bits per heavy atom. The van der Waals surface area contributed by atoms with E-state index in [9.17, 15) is 0 Å². The lowest BCUT2D eigenvalue weighted by Crippen LogP contribution is -2.19. The van der Waals surface area contributed by atoms with Crippen molar-refractivity contribution < 1.29 is 4.42 Å². The van der Waals surface area contributed by atoms with Crippen molar-refractivity contribution in [1.82, 2.24) is 10.3 Å². The van der Waals surface area contributed by atoms with Crippen LogP contribution < -0.4 is 5.32 Å². The zero-order chi connectivity index (χ0) is 11.5. The van der Waals surface area contributed by atoms with Gasteiger partial charge in [0.05, 0.1) is 11.3 Å². The highest BCUT2D eigenvalue weighted by molar-refractivity contribution is 7.09. The fourth-order valence-electron chi connectivity index (χ4n) is 1.79. The standard InChI is InChI=1S/C12H16N2OS/c1-8-7-16-12(14-8)6-11(13-3)10-4-5-15-9(10)2/h4-5,7,11,13H,6H2,1-3H3. The molecule has 2 heterocycles. The molecule has 0 aliphatic rings. The first-order chi connectivity index (χ1) is 7.70. The fraction of sp³-hybridized carbons (Fsp3) is 0.417. The van der Waals surface area contributed by atoms with Gasteiger partial charge in [-0.3, -0.25) is 0 Å². The molecule has 4 heteroatoms. The van der Waals surface area contributed by atoms with Gasteiger partial charge in [-0.25, -0.2) is 4.98 Å². The molecule has 16 heavy (non-hydrogen) atoms. The summed E-state index contributed by atoms with van der Waals surface area (Å²) in [5, 5.41) is 6.56. The second-order valence-electron chi connectivity index (χ2n) is 3.86. The summed E-state index contributed by atoms with van der Waals surface area (Å²) in [6, 6.07) is 2.31. The lowest BCUT2D eigenvalue weighted by atomic mass is 10.1. The molecule has 1 atom stereocenters. The van der Waals surface area contributed by atoms with E-state index >= 15 is 0 Å². The molecule has 2 aromatic rings. The van der Waals surface area contributed by atoms with Gasteiger partial charge in [0.25, 0.3) is 0 Å². The third-order valence-electron chi connectivity index (χ3n) is 2.67. The molecule has 86 valence electrons. The number of hydrogen-bond donors (Lipinski definition) is 1. The number of nitrogens with one attached hydrogen (secondary N) is 1. The van der Waals surface area contributed by atoms with Crippen molar-refractivity contribution in [2.45, 2.75) is 26.3 Å². The third-order valence-corrected chi connectivity index (χ3v) is 3.66. The van der Waals surface area contributed by atoms with E-state index in [0.717, 1.165) is 22.9 Å². The Balaban J connectivity index is 2.15. The van der Waals surface area contributed by atoms with Crippen LogP contribution in [0.3, 0.4) is 0 Å². The summed E-state index contributed by atoms with van der Waals surface area (Å²) in [5.74, 6) is 0.979. The molecule has 0 aromatic carbocycles. The molecule has 2 aromatic heterocycles. The van der Waals surface area contributed by atoms with Crippen molar-refractivity contribution in [3.63, 3.8) is 0 Å². The topological polar surface area (TPSA) is 38.1 Å². The summed E-state index contributed by atoms with van der Waals surface area (Å²) in [4.78, 5) is 4.49. The molecule has 1 N–H and O–H groups in total. The average molecular weight is 236 g/mol. The van der Waals surface area contributed by atoms with Gasteiger partial charge in [-0.2, -0.15) is 0 Å². The van der Waals surface area contributed by atoms with E-state index in [1.807, 2.05) is 27.0 Å². The average Bonchev–Trinajstić information content (AvgIpc) is 2.84. The van der Waals surface area contributed by atoms with Gasteiger partial charge in [-0.15, -0.1) is 11.3 Å². The van der Waals surface area contributed by atoms with Gasteiger partial charge in [-0.05, 0) is 27.0 Å². The van der Waals surface area contributed by atoms with Gasteiger partial charge in [-0.1, -0.05) is 0 Å². The van der Waals surface area contributed by atoms with E-state index in [1.165, 1.54) is 5.56 Å². The zero-order valence-corrected chi connectivity index (χ0v) is 10.6. The highest BCUT2D eigenvalue weighted by atomic mass is 32.1. The largest absolute Gasteiger partial charge is 0.469 e. The number of furan rings is 1. The second-order valence-corrected chi connectivity index (χ2v) is 4.80. The van der Waals surface area contributed by atoms with Crippen molar-refractivity contribution in [1.29, 1.82) is 0 Å².